The number of halogens is 3. The smallest absolute Gasteiger partial charge is 0.491 e. The normalized spacial score (nSPS) is 15.2. The molecule has 0 atom stereocenters. The first-order valence-electron chi connectivity index (χ1n) is 9.35. The topological polar surface area (TPSA) is 101 Å². The number of anilines is 2. The summed E-state index contributed by atoms with van der Waals surface area (Å²) >= 11 is 0. The van der Waals surface area contributed by atoms with E-state index in [0.29, 0.717) is 52.5 Å². The number of hydrogen-bond acceptors (Lipinski definition) is 6. The van der Waals surface area contributed by atoms with Gasteiger partial charge in [0, 0.05) is 41.4 Å². The van der Waals surface area contributed by atoms with E-state index in [4.69, 9.17) is 10.5 Å². The number of ether oxygens (including phenoxy) is 2. The van der Waals surface area contributed by atoms with Gasteiger partial charge in [-0.15, -0.1) is 13.2 Å². The molecular formula is C21H17F3N4O3. The van der Waals surface area contributed by atoms with Crippen molar-refractivity contribution >= 4 is 17.3 Å². The summed E-state index contributed by atoms with van der Waals surface area (Å²) in [6.45, 7) is 3.72. The summed E-state index contributed by atoms with van der Waals surface area (Å²) in [5.41, 5.74) is 8.85. The number of aromatic nitrogens is 1. The molecule has 1 aromatic carbocycles. The van der Waals surface area contributed by atoms with E-state index < -0.39 is 18.1 Å². The van der Waals surface area contributed by atoms with Crippen molar-refractivity contribution in [2.75, 3.05) is 11.5 Å². The van der Waals surface area contributed by atoms with Gasteiger partial charge in [-0.2, -0.15) is 5.26 Å². The number of pyridine rings is 1. The number of amides is 1. The van der Waals surface area contributed by atoms with Crippen molar-refractivity contribution in [2.45, 2.75) is 33.1 Å². The van der Waals surface area contributed by atoms with Crippen LogP contribution in [0.2, 0.25) is 0 Å². The molecule has 1 aromatic heterocycles. The second-order valence-electron chi connectivity index (χ2n) is 7.21. The molecule has 0 unspecified atom stereocenters. The highest BCUT2D eigenvalue weighted by atomic mass is 19.4. The van der Waals surface area contributed by atoms with Crippen LogP contribution in [0.3, 0.4) is 0 Å². The van der Waals surface area contributed by atoms with Crippen LogP contribution in [0.15, 0.2) is 29.6 Å². The zero-order chi connectivity index (χ0) is 22.5. The monoisotopic (exact) mass is 430 g/mol. The van der Waals surface area contributed by atoms with E-state index in [1.165, 1.54) is 6.20 Å². The molecule has 2 aliphatic heterocycles. The summed E-state index contributed by atoms with van der Waals surface area (Å²) < 4.78 is 48.9. The number of carbonyl (C=O) groups excluding carboxylic acids is 1. The van der Waals surface area contributed by atoms with Gasteiger partial charge in [0.05, 0.1) is 29.6 Å². The first kappa shape index (κ1) is 20.5. The molecule has 160 valence electrons. The molecule has 7 nitrogen and oxygen atoms in total. The molecule has 0 radical (unpaired) electrons. The molecule has 31 heavy (non-hydrogen) atoms. The van der Waals surface area contributed by atoms with Gasteiger partial charge in [-0.1, -0.05) is 0 Å². The van der Waals surface area contributed by atoms with Crippen LogP contribution in [0.5, 0.6) is 11.6 Å². The van der Waals surface area contributed by atoms with E-state index in [9.17, 15) is 23.2 Å². The molecule has 10 heteroatoms. The van der Waals surface area contributed by atoms with Crippen molar-refractivity contribution in [1.82, 2.24) is 4.98 Å². The lowest BCUT2D eigenvalue weighted by molar-refractivity contribution is -0.276. The molecular weight excluding hydrogens is 413 g/mol. The molecule has 0 saturated heterocycles. The van der Waals surface area contributed by atoms with Gasteiger partial charge in [0.1, 0.15) is 5.75 Å². The predicted molar refractivity (Wildman–Crippen MR) is 104 cm³/mol. The quantitative estimate of drug-likeness (QED) is 0.799. The largest absolute Gasteiger partial charge is 0.574 e. The standard InChI is InChI=1S/C21H17F3N4O3/c1-10-9-27-20(31-21(22,23)24)15-7-14(19(26)29)11(2)28(17(10)15)16-4-3-12(8-25)13-5-6-30-18(13)16/h3-4,9H,5-7H2,1-2H3,(H2,26,29). The molecule has 0 aliphatic carbocycles. The Morgan fingerprint density at radius 2 is 2.06 bits per heavy atom. The van der Waals surface area contributed by atoms with Crippen LogP contribution in [-0.2, 0) is 17.6 Å². The summed E-state index contributed by atoms with van der Waals surface area (Å²) in [4.78, 5) is 17.6. The van der Waals surface area contributed by atoms with Crippen LogP contribution in [0.1, 0.15) is 29.2 Å². The third kappa shape index (κ3) is 3.42. The van der Waals surface area contributed by atoms with Crippen LogP contribution in [-0.4, -0.2) is 23.9 Å². The molecule has 4 rings (SSSR count). The number of alkyl halides is 3. The average molecular weight is 430 g/mol. The highest BCUT2D eigenvalue weighted by Gasteiger charge is 2.38. The predicted octanol–water partition coefficient (Wildman–Crippen LogP) is 3.55. The highest BCUT2D eigenvalue weighted by molar-refractivity contribution is 5.97. The molecule has 2 aliphatic rings. The van der Waals surface area contributed by atoms with E-state index >= 15 is 0 Å². The van der Waals surface area contributed by atoms with Gasteiger partial charge in [-0.25, -0.2) is 4.98 Å². The summed E-state index contributed by atoms with van der Waals surface area (Å²) in [5.74, 6) is -0.959. The molecule has 2 aromatic rings. The van der Waals surface area contributed by atoms with Crippen LogP contribution in [0, 0.1) is 18.3 Å². The fourth-order valence-corrected chi connectivity index (χ4v) is 4.04. The number of carbonyl (C=O) groups is 1. The van der Waals surface area contributed by atoms with Crippen molar-refractivity contribution in [3.05, 3.63) is 51.9 Å². The first-order valence-corrected chi connectivity index (χ1v) is 9.35. The third-order valence-corrected chi connectivity index (χ3v) is 5.35. The number of rotatable bonds is 3. The number of benzene rings is 1. The third-order valence-electron chi connectivity index (χ3n) is 5.35. The minimum Gasteiger partial charge on any atom is -0.491 e. The summed E-state index contributed by atoms with van der Waals surface area (Å²) in [7, 11) is 0. The van der Waals surface area contributed by atoms with Gasteiger partial charge in [0.2, 0.25) is 11.8 Å². The number of fused-ring (bicyclic) bond motifs is 2. The lowest BCUT2D eigenvalue weighted by Gasteiger charge is -2.35. The number of nitrogens with two attached hydrogens (primary N) is 1. The zero-order valence-electron chi connectivity index (χ0n) is 16.6. The Morgan fingerprint density at radius 1 is 1.32 bits per heavy atom. The molecule has 0 spiro atoms. The second kappa shape index (κ2) is 7.19. The van der Waals surface area contributed by atoms with E-state index in [1.807, 2.05) is 0 Å². The fourth-order valence-electron chi connectivity index (χ4n) is 4.04. The lowest BCUT2D eigenvalue weighted by Crippen LogP contribution is -2.31. The van der Waals surface area contributed by atoms with Gasteiger partial charge in [-0.05, 0) is 31.5 Å². The van der Waals surface area contributed by atoms with E-state index in [1.54, 1.807) is 30.9 Å². The molecule has 2 N–H and O–H groups in total. The molecule has 0 fully saturated rings. The fraction of sp³-hybridized carbons (Fsp3) is 0.286. The van der Waals surface area contributed by atoms with Crippen molar-refractivity contribution in [3.8, 4) is 17.7 Å². The van der Waals surface area contributed by atoms with Crippen molar-refractivity contribution in [1.29, 1.82) is 5.26 Å². The van der Waals surface area contributed by atoms with E-state index in [0.717, 1.165) is 0 Å². The molecule has 0 bridgehead atoms. The van der Waals surface area contributed by atoms with E-state index in [-0.39, 0.29) is 17.6 Å². The Balaban J connectivity index is 2.00. The Bertz CT molecular complexity index is 1180. The number of nitriles is 1. The average Bonchev–Trinajstić information content (AvgIpc) is 3.18. The van der Waals surface area contributed by atoms with E-state index in [2.05, 4.69) is 15.8 Å². The Labute approximate surface area is 175 Å². The lowest BCUT2D eigenvalue weighted by atomic mass is 9.93. The summed E-state index contributed by atoms with van der Waals surface area (Å²) in [6, 6.07) is 5.39. The second-order valence-corrected chi connectivity index (χ2v) is 7.21. The summed E-state index contributed by atoms with van der Waals surface area (Å²) in [6.07, 6.45) is -3.31. The van der Waals surface area contributed by atoms with Crippen LogP contribution in [0.25, 0.3) is 0 Å². The van der Waals surface area contributed by atoms with Crippen molar-refractivity contribution in [3.63, 3.8) is 0 Å². The zero-order valence-corrected chi connectivity index (χ0v) is 16.6. The number of hydrogen-bond donors (Lipinski definition) is 1. The first-order chi connectivity index (χ1) is 14.6. The van der Waals surface area contributed by atoms with Gasteiger partial charge in [-0.3, -0.25) is 4.79 Å². The SMILES string of the molecule is CC1=C(C(N)=O)Cc2c(OC(F)(F)F)ncc(C)c2N1c1ccc(C#N)c2c1OCC2. The highest BCUT2D eigenvalue weighted by Crippen LogP contribution is 2.49. The van der Waals surface area contributed by atoms with Gasteiger partial charge in [0.15, 0.2) is 0 Å². The minimum absolute atomic E-state index is 0.0906. The van der Waals surface area contributed by atoms with Gasteiger partial charge in [0.25, 0.3) is 0 Å². The van der Waals surface area contributed by atoms with Crippen LogP contribution in [0.4, 0.5) is 24.5 Å². The van der Waals surface area contributed by atoms with Crippen molar-refractivity contribution in [2.24, 2.45) is 5.73 Å². The molecule has 1 amide bonds. The number of nitrogens with zero attached hydrogens (tertiary/aromatic N) is 3. The summed E-state index contributed by atoms with van der Waals surface area (Å²) in [5, 5.41) is 9.40. The maximum Gasteiger partial charge on any atom is 0.574 e. The Kier molecular flexibility index (Phi) is 4.76. The maximum absolute atomic E-state index is 13.0. The van der Waals surface area contributed by atoms with Crippen LogP contribution < -0.4 is 20.1 Å². The molecule has 0 saturated carbocycles. The maximum atomic E-state index is 13.0. The van der Waals surface area contributed by atoms with Crippen molar-refractivity contribution < 1.29 is 27.4 Å². The number of allylic oxidation sites excluding steroid dienone is 1. The van der Waals surface area contributed by atoms with Gasteiger partial charge < -0.3 is 20.1 Å². The molecule has 3 heterocycles. The minimum atomic E-state index is -4.96. The number of aryl methyl sites for hydroxylation is 1. The van der Waals surface area contributed by atoms with Crippen LogP contribution >= 0.6 is 0 Å². The van der Waals surface area contributed by atoms with Gasteiger partial charge >= 0.3 is 6.36 Å². The number of primary amides is 1. The Hall–Kier alpha value is -3.74. The Morgan fingerprint density at radius 3 is 2.71 bits per heavy atom.